The summed E-state index contributed by atoms with van der Waals surface area (Å²) >= 11 is 0. The van der Waals surface area contributed by atoms with Crippen LogP contribution in [0, 0.1) is 0 Å². The fourth-order valence-electron chi connectivity index (χ4n) is 4.05. The Morgan fingerprint density at radius 1 is 1.27 bits per heavy atom. The third-order valence-electron chi connectivity index (χ3n) is 5.70. The van der Waals surface area contributed by atoms with Crippen molar-refractivity contribution in [3.63, 3.8) is 0 Å². The van der Waals surface area contributed by atoms with Crippen LogP contribution >= 0.6 is 0 Å². The largest absolute Gasteiger partial charge is 0.497 e. The molecule has 6 nitrogen and oxygen atoms in total. The van der Waals surface area contributed by atoms with Crippen molar-refractivity contribution in [1.82, 2.24) is 19.5 Å². The van der Waals surface area contributed by atoms with E-state index in [0.717, 1.165) is 30.2 Å². The number of methoxy groups -OCH3 is 1. The maximum absolute atomic E-state index is 13.8. The molecule has 4 rings (SSSR count). The van der Waals surface area contributed by atoms with Crippen LogP contribution in [0.2, 0.25) is 0 Å². The highest BCUT2D eigenvalue weighted by Gasteiger charge is 2.29. The van der Waals surface area contributed by atoms with Gasteiger partial charge < -0.3 is 9.64 Å². The predicted octanol–water partition coefficient (Wildman–Crippen LogP) is 4.75. The van der Waals surface area contributed by atoms with Gasteiger partial charge in [-0.25, -0.2) is 18.3 Å². The summed E-state index contributed by atoms with van der Waals surface area (Å²) in [5.74, 6) is 0.459. The quantitative estimate of drug-likeness (QED) is 0.605. The summed E-state index contributed by atoms with van der Waals surface area (Å²) < 4.78 is 33.8. The summed E-state index contributed by atoms with van der Waals surface area (Å²) in [5, 5.41) is 4.08. The lowest BCUT2D eigenvalue weighted by atomic mass is 9.99. The average Bonchev–Trinajstić information content (AvgIpc) is 3.21. The van der Waals surface area contributed by atoms with Crippen LogP contribution in [-0.2, 0) is 0 Å². The lowest BCUT2D eigenvalue weighted by Crippen LogP contribution is -2.43. The molecule has 1 aromatic carbocycles. The van der Waals surface area contributed by atoms with Gasteiger partial charge in [0.25, 0.3) is 12.3 Å². The lowest BCUT2D eigenvalue weighted by molar-refractivity contribution is 0.0609. The number of likely N-dealkylation sites (tertiary alicyclic amines) is 1. The van der Waals surface area contributed by atoms with Gasteiger partial charge in [0.15, 0.2) is 5.65 Å². The molecule has 0 bridgehead atoms. The lowest BCUT2D eigenvalue weighted by Gasteiger charge is -2.35. The van der Waals surface area contributed by atoms with Gasteiger partial charge in [-0.2, -0.15) is 5.10 Å². The number of ether oxygens (including phenoxy) is 1. The second-order valence-corrected chi connectivity index (χ2v) is 7.45. The summed E-state index contributed by atoms with van der Waals surface area (Å²) in [6.07, 6.45) is 2.44. The van der Waals surface area contributed by atoms with Gasteiger partial charge in [-0.05, 0) is 56.0 Å². The Morgan fingerprint density at radius 2 is 2.03 bits per heavy atom. The van der Waals surface area contributed by atoms with E-state index in [9.17, 15) is 13.6 Å². The molecule has 0 radical (unpaired) electrons. The number of halogens is 2. The van der Waals surface area contributed by atoms with Crippen LogP contribution in [0.15, 0.2) is 36.5 Å². The number of fused-ring (bicyclic) bond motifs is 1. The van der Waals surface area contributed by atoms with Crippen molar-refractivity contribution in [2.45, 2.75) is 45.1 Å². The Balaban J connectivity index is 1.81. The number of rotatable bonds is 5. The molecule has 3 heterocycles. The molecule has 0 unspecified atom stereocenters. The van der Waals surface area contributed by atoms with E-state index in [0.29, 0.717) is 23.6 Å². The summed E-state index contributed by atoms with van der Waals surface area (Å²) in [4.78, 5) is 19.7. The Bertz CT molecular complexity index is 1050. The summed E-state index contributed by atoms with van der Waals surface area (Å²) in [6, 6.07) is 8.46. The Hall–Kier alpha value is -3.03. The first kappa shape index (κ1) is 20.3. The van der Waals surface area contributed by atoms with E-state index in [-0.39, 0.29) is 28.9 Å². The molecule has 1 fully saturated rings. The smallest absolute Gasteiger partial charge is 0.280 e. The van der Waals surface area contributed by atoms with Gasteiger partial charge in [0.05, 0.1) is 19.0 Å². The molecule has 30 heavy (non-hydrogen) atoms. The molecule has 2 aromatic heterocycles. The molecule has 158 valence electrons. The summed E-state index contributed by atoms with van der Waals surface area (Å²) in [7, 11) is 1.56. The van der Waals surface area contributed by atoms with E-state index in [2.05, 4.69) is 17.0 Å². The van der Waals surface area contributed by atoms with Crippen molar-refractivity contribution in [3.05, 3.63) is 47.8 Å². The van der Waals surface area contributed by atoms with Crippen molar-refractivity contribution in [3.8, 4) is 17.0 Å². The van der Waals surface area contributed by atoms with E-state index in [4.69, 9.17) is 4.74 Å². The number of carbonyl (C=O) groups excluding carboxylic acids is 1. The second kappa shape index (κ2) is 8.38. The number of piperidine rings is 1. The Morgan fingerprint density at radius 3 is 2.70 bits per heavy atom. The first-order valence-corrected chi connectivity index (χ1v) is 10.2. The van der Waals surface area contributed by atoms with Gasteiger partial charge in [0, 0.05) is 18.2 Å². The van der Waals surface area contributed by atoms with Gasteiger partial charge in [0.2, 0.25) is 0 Å². The molecule has 0 N–H and O–H groups in total. The minimum Gasteiger partial charge on any atom is -0.497 e. The topological polar surface area (TPSA) is 59.7 Å². The van der Waals surface area contributed by atoms with Crippen molar-refractivity contribution >= 4 is 11.6 Å². The second-order valence-electron chi connectivity index (χ2n) is 7.45. The van der Waals surface area contributed by atoms with E-state index in [1.165, 1.54) is 12.3 Å². The molecule has 1 aliphatic heterocycles. The number of benzene rings is 1. The van der Waals surface area contributed by atoms with Crippen LogP contribution in [-0.4, -0.2) is 45.1 Å². The SMILES string of the molecule is CC[C@H]1CCCCN1C(=O)c1cnn2c(C(F)F)cc(-c3ccc(OC)cc3)nc12. The molecular formula is C22H24F2N4O2. The summed E-state index contributed by atoms with van der Waals surface area (Å²) in [5.41, 5.74) is 1.14. The maximum atomic E-state index is 13.8. The molecule has 0 aliphatic carbocycles. The molecule has 1 aliphatic rings. The highest BCUT2D eigenvalue weighted by Crippen LogP contribution is 2.29. The monoisotopic (exact) mass is 414 g/mol. The molecule has 1 atom stereocenters. The number of amides is 1. The number of alkyl halides is 2. The van der Waals surface area contributed by atoms with Crippen molar-refractivity contribution < 1.29 is 18.3 Å². The number of hydrogen-bond donors (Lipinski definition) is 0. The molecule has 1 saturated heterocycles. The zero-order chi connectivity index (χ0) is 21.3. The van der Waals surface area contributed by atoms with E-state index >= 15 is 0 Å². The molecule has 0 saturated carbocycles. The van der Waals surface area contributed by atoms with Crippen molar-refractivity contribution in [1.29, 1.82) is 0 Å². The predicted molar refractivity (Wildman–Crippen MR) is 109 cm³/mol. The van der Waals surface area contributed by atoms with Gasteiger partial charge in [0.1, 0.15) is 17.0 Å². The van der Waals surface area contributed by atoms with Crippen LogP contribution in [0.25, 0.3) is 16.9 Å². The Kier molecular flexibility index (Phi) is 5.65. The van der Waals surface area contributed by atoms with Crippen LogP contribution in [0.1, 0.15) is 55.1 Å². The van der Waals surface area contributed by atoms with Crippen molar-refractivity contribution in [2.24, 2.45) is 0 Å². The van der Waals surface area contributed by atoms with Crippen LogP contribution in [0.5, 0.6) is 5.75 Å². The van der Waals surface area contributed by atoms with E-state index < -0.39 is 6.43 Å². The zero-order valence-electron chi connectivity index (χ0n) is 17.0. The number of hydrogen-bond acceptors (Lipinski definition) is 4. The number of nitrogens with zero attached hydrogens (tertiary/aromatic N) is 4. The maximum Gasteiger partial charge on any atom is 0.280 e. The minimum atomic E-state index is -2.76. The van der Waals surface area contributed by atoms with Gasteiger partial charge in [-0.15, -0.1) is 0 Å². The minimum absolute atomic E-state index is 0.153. The third kappa shape index (κ3) is 3.62. The van der Waals surface area contributed by atoms with Crippen LogP contribution in [0.3, 0.4) is 0 Å². The summed E-state index contributed by atoms with van der Waals surface area (Å²) in [6.45, 7) is 2.72. The highest BCUT2D eigenvalue weighted by molar-refractivity contribution is 6.00. The van der Waals surface area contributed by atoms with Crippen LogP contribution < -0.4 is 4.74 Å². The molecular weight excluding hydrogens is 390 g/mol. The molecule has 0 spiro atoms. The zero-order valence-corrected chi connectivity index (χ0v) is 17.0. The highest BCUT2D eigenvalue weighted by atomic mass is 19.3. The number of aromatic nitrogens is 3. The Labute approximate surface area is 173 Å². The van der Waals surface area contributed by atoms with Gasteiger partial charge in [-0.1, -0.05) is 6.92 Å². The van der Waals surface area contributed by atoms with E-state index in [1.807, 2.05) is 4.90 Å². The van der Waals surface area contributed by atoms with Crippen molar-refractivity contribution in [2.75, 3.05) is 13.7 Å². The van der Waals surface area contributed by atoms with Gasteiger partial charge >= 0.3 is 0 Å². The standard InChI is InChI=1S/C22H24F2N4O2/c1-3-15-6-4-5-11-27(15)22(29)17-13-25-28-19(20(23)24)12-18(26-21(17)28)14-7-9-16(30-2)10-8-14/h7-10,12-13,15,20H,3-6,11H2,1-2H3/t15-/m0/s1. The van der Waals surface area contributed by atoms with Gasteiger partial charge in [-0.3, -0.25) is 4.79 Å². The number of carbonyl (C=O) groups is 1. The first-order valence-electron chi connectivity index (χ1n) is 10.2. The molecule has 1 amide bonds. The average molecular weight is 414 g/mol. The third-order valence-corrected chi connectivity index (χ3v) is 5.70. The van der Waals surface area contributed by atoms with Crippen LogP contribution in [0.4, 0.5) is 8.78 Å². The molecule has 3 aromatic rings. The normalized spacial score (nSPS) is 17.0. The fraction of sp³-hybridized carbons (Fsp3) is 0.409. The first-order chi connectivity index (χ1) is 14.5. The van der Waals surface area contributed by atoms with E-state index in [1.54, 1.807) is 31.4 Å². The molecule has 8 heteroatoms. The fourth-order valence-corrected chi connectivity index (χ4v) is 4.05.